The Labute approximate surface area is 126 Å². The molecule has 0 saturated heterocycles. The molecule has 0 saturated carbocycles. The van der Waals surface area contributed by atoms with E-state index in [9.17, 15) is 4.39 Å². The van der Waals surface area contributed by atoms with Gasteiger partial charge < -0.3 is 10.1 Å². The second kappa shape index (κ2) is 4.80. The van der Waals surface area contributed by atoms with Gasteiger partial charge >= 0.3 is 0 Å². The molecule has 0 radical (unpaired) electrons. The summed E-state index contributed by atoms with van der Waals surface area (Å²) >= 11 is 0. The van der Waals surface area contributed by atoms with Crippen LogP contribution >= 0.6 is 0 Å². The number of H-pyrrole nitrogens is 2. The monoisotopic (exact) mass is 295 g/mol. The predicted molar refractivity (Wildman–Crippen MR) is 85.5 cm³/mol. The van der Waals surface area contributed by atoms with E-state index in [1.165, 1.54) is 12.1 Å². The number of methoxy groups -OCH3 is 1. The average molecular weight is 295 g/mol. The SMILES string of the molecule is COc1ccc2cc3c(Nc4ccc(F)cc4)[nH][nH]c-3c2c1. The molecule has 2 aromatic carbocycles. The number of rotatable bonds is 3. The predicted octanol–water partition coefficient (Wildman–Crippen LogP) is 4.49. The number of fused-ring (bicyclic) bond motifs is 3. The van der Waals surface area contributed by atoms with E-state index >= 15 is 0 Å². The maximum absolute atomic E-state index is 13.0. The molecule has 2 aromatic rings. The van der Waals surface area contributed by atoms with E-state index < -0.39 is 0 Å². The quantitative estimate of drug-likeness (QED) is 0.521. The van der Waals surface area contributed by atoms with Crippen LogP contribution in [0.3, 0.4) is 0 Å². The second-order valence-corrected chi connectivity index (χ2v) is 5.14. The summed E-state index contributed by atoms with van der Waals surface area (Å²) in [5.41, 5.74) is 2.88. The van der Waals surface area contributed by atoms with Crippen LogP contribution in [0, 0.1) is 5.82 Å². The summed E-state index contributed by atoms with van der Waals surface area (Å²) in [5.74, 6) is 1.42. The highest BCUT2D eigenvalue weighted by atomic mass is 19.1. The van der Waals surface area contributed by atoms with Crippen LogP contribution in [0.1, 0.15) is 0 Å². The average Bonchev–Trinajstić information content (AvgIpc) is 3.09. The molecule has 1 heterocycles. The summed E-state index contributed by atoms with van der Waals surface area (Å²) < 4.78 is 18.3. The standard InChI is InChI=1S/C17H14FN3O/c1-22-13-7-2-10-8-15-16(14(10)9-13)20-21-17(15)19-12-5-3-11(18)4-6-12/h2-9,19-21H,1H3. The summed E-state index contributed by atoms with van der Waals surface area (Å²) in [7, 11) is 1.66. The van der Waals surface area contributed by atoms with Crippen LogP contribution in [0.4, 0.5) is 15.9 Å². The Bertz CT molecular complexity index is 908. The fourth-order valence-electron chi connectivity index (χ4n) is 2.68. The van der Waals surface area contributed by atoms with Crippen LogP contribution in [0.15, 0.2) is 48.5 Å². The number of aromatic amines is 2. The van der Waals surface area contributed by atoms with Crippen LogP contribution < -0.4 is 10.1 Å². The molecule has 1 aliphatic heterocycles. The Morgan fingerprint density at radius 1 is 1.00 bits per heavy atom. The van der Waals surface area contributed by atoms with E-state index in [0.717, 1.165) is 39.3 Å². The number of aromatic nitrogens is 2. The minimum absolute atomic E-state index is 0.250. The van der Waals surface area contributed by atoms with Gasteiger partial charge in [-0.15, -0.1) is 0 Å². The molecule has 0 fully saturated rings. The summed E-state index contributed by atoms with van der Waals surface area (Å²) in [5, 5.41) is 11.8. The zero-order valence-corrected chi connectivity index (χ0v) is 11.9. The lowest BCUT2D eigenvalue weighted by molar-refractivity contribution is 0.415. The fourth-order valence-corrected chi connectivity index (χ4v) is 2.68. The van der Waals surface area contributed by atoms with Crippen molar-refractivity contribution in [2.24, 2.45) is 0 Å². The van der Waals surface area contributed by atoms with Crippen molar-refractivity contribution in [2.45, 2.75) is 0 Å². The van der Waals surface area contributed by atoms with Crippen molar-refractivity contribution in [1.29, 1.82) is 0 Å². The van der Waals surface area contributed by atoms with Gasteiger partial charge in [0, 0.05) is 16.6 Å². The molecule has 0 atom stereocenters. The van der Waals surface area contributed by atoms with Crippen molar-refractivity contribution in [1.82, 2.24) is 10.2 Å². The zero-order chi connectivity index (χ0) is 15.1. The van der Waals surface area contributed by atoms with Gasteiger partial charge in [0.1, 0.15) is 17.4 Å². The van der Waals surface area contributed by atoms with Crippen molar-refractivity contribution in [3.8, 4) is 17.0 Å². The van der Waals surface area contributed by atoms with Crippen LogP contribution in [0.5, 0.6) is 5.75 Å². The molecule has 110 valence electrons. The third-order valence-corrected chi connectivity index (χ3v) is 3.79. The first-order valence-electron chi connectivity index (χ1n) is 6.94. The van der Waals surface area contributed by atoms with Gasteiger partial charge in [-0.1, -0.05) is 6.07 Å². The molecule has 5 heteroatoms. The lowest BCUT2D eigenvalue weighted by Gasteiger charge is -2.04. The number of anilines is 2. The highest BCUT2D eigenvalue weighted by Gasteiger charge is 2.17. The first-order valence-corrected chi connectivity index (χ1v) is 6.94. The Morgan fingerprint density at radius 2 is 1.82 bits per heavy atom. The molecule has 4 rings (SSSR count). The van der Waals surface area contributed by atoms with Gasteiger partial charge in [0.15, 0.2) is 0 Å². The third kappa shape index (κ3) is 1.98. The van der Waals surface area contributed by atoms with Crippen LogP contribution in [-0.4, -0.2) is 17.3 Å². The van der Waals surface area contributed by atoms with Gasteiger partial charge in [-0.2, -0.15) is 0 Å². The van der Waals surface area contributed by atoms with Crippen molar-refractivity contribution in [2.75, 3.05) is 12.4 Å². The number of ether oxygens (including phenoxy) is 1. The topological polar surface area (TPSA) is 52.8 Å². The van der Waals surface area contributed by atoms with Gasteiger partial charge in [-0.25, -0.2) is 4.39 Å². The van der Waals surface area contributed by atoms with E-state index in [0.29, 0.717) is 0 Å². The minimum atomic E-state index is -0.250. The molecular formula is C17H14FN3O. The van der Waals surface area contributed by atoms with E-state index in [4.69, 9.17) is 4.74 Å². The second-order valence-electron chi connectivity index (χ2n) is 5.14. The molecular weight excluding hydrogens is 281 g/mol. The molecule has 22 heavy (non-hydrogen) atoms. The maximum atomic E-state index is 13.0. The van der Waals surface area contributed by atoms with Crippen molar-refractivity contribution in [3.63, 3.8) is 0 Å². The number of halogens is 1. The van der Waals surface area contributed by atoms with Crippen molar-refractivity contribution < 1.29 is 9.13 Å². The number of hydrogen-bond donors (Lipinski definition) is 3. The first kappa shape index (κ1) is 12.8. The molecule has 0 unspecified atom stereocenters. The molecule has 0 spiro atoms. The van der Waals surface area contributed by atoms with Crippen LogP contribution in [0.2, 0.25) is 0 Å². The number of hydrogen-bond acceptors (Lipinski definition) is 2. The smallest absolute Gasteiger partial charge is 0.132 e. The normalized spacial score (nSPS) is 11.2. The molecule has 4 nitrogen and oxygen atoms in total. The molecule has 2 aliphatic rings. The molecule has 0 bridgehead atoms. The van der Waals surface area contributed by atoms with E-state index in [-0.39, 0.29) is 5.82 Å². The van der Waals surface area contributed by atoms with Crippen LogP contribution in [0.25, 0.3) is 22.0 Å². The highest BCUT2D eigenvalue weighted by Crippen LogP contribution is 2.39. The molecule has 1 aliphatic carbocycles. The first-order chi connectivity index (χ1) is 10.7. The summed E-state index contributed by atoms with van der Waals surface area (Å²) in [6.07, 6.45) is 0. The fraction of sp³-hybridized carbons (Fsp3) is 0.0588. The van der Waals surface area contributed by atoms with E-state index in [1.54, 1.807) is 19.2 Å². The van der Waals surface area contributed by atoms with Gasteiger partial charge in [0.05, 0.1) is 12.8 Å². The molecule has 0 amide bonds. The van der Waals surface area contributed by atoms with Crippen molar-refractivity contribution >= 4 is 22.3 Å². The lowest BCUT2D eigenvalue weighted by atomic mass is 10.2. The summed E-state index contributed by atoms with van der Waals surface area (Å²) in [4.78, 5) is 0. The van der Waals surface area contributed by atoms with Gasteiger partial charge in [0.2, 0.25) is 0 Å². The van der Waals surface area contributed by atoms with Crippen molar-refractivity contribution in [3.05, 3.63) is 54.3 Å². The van der Waals surface area contributed by atoms with E-state index in [1.807, 2.05) is 18.2 Å². The summed E-state index contributed by atoms with van der Waals surface area (Å²) in [6, 6.07) is 14.3. The van der Waals surface area contributed by atoms with E-state index in [2.05, 4.69) is 21.6 Å². The lowest BCUT2D eigenvalue weighted by Crippen LogP contribution is -1.91. The highest BCUT2D eigenvalue weighted by molar-refractivity contribution is 6.04. The van der Waals surface area contributed by atoms with Gasteiger partial charge in [0.25, 0.3) is 0 Å². The third-order valence-electron chi connectivity index (χ3n) is 3.79. The van der Waals surface area contributed by atoms with Crippen LogP contribution in [-0.2, 0) is 0 Å². The Balaban J connectivity index is 1.75. The number of benzene rings is 2. The Hall–Kier alpha value is -2.95. The zero-order valence-electron chi connectivity index (χ0n) is 11.9. The number of nitrogens with one attached hydrogen (secondary N) is 3. The largest absolute Gasteiger partial charge is 0.497 e. The van der Waals surface area contributed by atoms with Gasteiger partial charge in [-0.05, 0) is 47.9 Å². The van der Waals surface area contributed by atoms with Gasteiger partial charge in [-0.3, -0.25) is 10.2 Å². The minimum Gasteiger partial charge on any atom is -0.497 e. The molecule has 3 N–H and O–H groups in total. The molecule has 0 aromatic heterocycles. The summed E-state index contributed by atoms with van der Waals surface area (Å²) in [6.45, 7) is 0. The Kier molecular flexibility index (Phi) is 2.79. The Morgan fingerprint density at radius 3 is 2.59 bits per heavy atom. The maximum Gasteiger partial charge on any atom is 0.132 e.